The molecule has 0 saturated carbocycles. The summed E-state index contributed by atoms with van der Waals surface area (Å²) in [6, 6.07) is 5.22. The Morgan fingerprint density at radius 3 is 3.11 bits per heavy atom. The molecule has 0 bridgehead atoms. The highest BCUT2D eigenvalue weighted by Gasteiger charge is 2.37. The Labute approximate surface area is 111 Å². The molecule has 0 aromatic carbocycles. The van der Waals surface area contributed by atoms with Crippen LogP contribution >= 0.6 is 0 Å². The highest BCUT2D eigenvalue weighted by molar-refractivity contribution is 5.72. The van der Waals surface area contributed by atoms with Gasteiger partial charge in [-0.1, -0.05) is 0 Å². The second-order valence-corrected chi connectivity index (χ2v) is 4.35. The standard InChI is InChI=1S/C13H15N3O3/c1-2-16(10-3-4-15-9(5-10)6-14)12-8-19-7-11(12)13(17)18/h3-5,11-12H,2,7-8H2,1H3,(H,17,18). The second kappa shape index (κ2) is 5.67. The predicted octanol–water partition coefficient (Wildman–Crippen LogP) is 0.879. The molecule has 0 amide bonds. The summed E-state index contributed by atoms with van der Waals surface area (Å²) in [5.74, 6) is -1.39. The fourth-order valence-electron chi connectivity index (χ4n) is 2.35. The van der Waals surface area contributed by atoms with E-state index >= 15 is 0 Å². The van der Waals surface area contributed by atoms with E-state index in [4.69, 9.17) is 10.00 Å². The van der Waals surface area contributed by atoms with Crippen LogP contribution in [0, 0.1) is 17.2 Å². The summed E-state index contributed by atoms with van der Waals surface area (Å²) < 4.78 is 5.29. The van der Waals surface area contributed by atoms with Gasteiger partial charge in [0.1, 0.15) is 17.7 Å². The van der Waals surface area contributed by atoms with Crippen LogP contribution in [-0.2, 0) is 9.53 Å². The first-order valence-corrected chi connectivity index (χ1v) is 6.10. The maximum Gasteiger partial charge on any atom is 0.311 e. The largest absolute Gasteiger partial charge is 0.481 e. The number of nitriles is 1. The molecule has 1 aliphatic heterocycles. The van der Waals surface area contributed by atoms with Crippen molar-refractivity contribution >= 4 is 11.7 Å². The number of likely N-dealkylation sites (N-methyl/N-ethyl adjacent to an activating group) is 1. The fraction of sp³-hybridized carbons (Fsp3) is 0.462. The number of rotatable bonds is 4. The Kier molecular flexibility index (Phi) is 3.97. The van der Waals surface area contributed by atoms with E-state index in [1.165, 1.54) is 0 Å². The van der Waals surface area contributed by atoms with Gasteiger partial charge in [-0.15, -0.1) is 0 Å². The Morgan fingerprint density at radius 1 is 1.68 bits per heavy atom. The topological polar surface area (TPSA) is 86.5 Å². The summed E-state index contributed by atoms with van der Waals surface area (Å²) in [5.41, 5.74) is 1.12. The van der Waals surface area contributed by atoms with E-state index in [1.54, 1.807) is 18.3 Å². The van der Waals surface area contributed by atoms with Gasteiger partial charge in [0.05, 0.1) is 19.3 Å². The normalized spacial score (nSPS) is 21.9. The third kappa shape index (κ3) is 2.66. The third-order valence-electron chi connectivity index (χ3n) is 3.30. The number of pyridine rings is 1. The van der Waals surface area contributed by atoms with Crippen molar-refractivity contribution in [3.05, 3.63) is 24.0 Å². The summed E-state index contributed by atoms with van der Waals surface area (Å²) in [6.45, 7) is 3.21. The molecular formula is C13H15N3O3. The Bertz CT molecular complexity index is 512. The van der Waals surface area contributed by atoms with Crippen LogP contribution in [0.5, 0.6) is 0 Å². The predicted molar refractivity (Wildman–Crippen MR) is 67.7 cm³/mol. The van der Waals surface area contributed by atoms with Crippen LogP contribution in [0.15, 0.2) is 18.3 Å². The Balaban J connectivity index is 2.29. The minimum Gasteiger partial charge on any atom is -0.481 e. The summed E-state index contributed by atoms with van der Waals surface area (Å²) >= 11 is 0. The number of carbonyl (C=O) groups is 1. The zero-order valence-corrected chi connectivity index (χ0v) is 10.6. The molecule has 0 spiro atoms. The summed E-state index contributed by atoms with van der Waals surface area (Å²) in [6.07, 6.45) is 1.56. The van der Waals surface area contributed by atoms with E-state index in [0.717, 1.165) is 5.69 Å². The van der Waals surface area contributed by atoms with Crippen molar-refractivity contribution in [3.8, 4) is 6.07 Å². The molecule has 1 N–H and O–H groups in total. The van der Waals surface area contributed by atoms with E-state index in [2.05, 4.69) is 4.98 Å². The second-order valence-electron chi connectivity index (χ2n) is 4.35. The van der Waals surface area contributed by atoms with Crippen LogP contribution in [0.3, 0.4) is 0 Å². The molecule has 1 aromatic heterocycles. The van der Waals surface area contributed by atoms with Crippen LogP contribution in [0.25, 0.3) is 0 Å². The molecule has 6 nitrogen and oxygen atoms in total. The molecule has 1 aliphatic rings. The zero-order chi connectivity index (χ0) is 13.8. The van der Waals surface area contributed by atoms with Crippen molar-refractivity contribution in [2.45, 2.75) is 13.0 Å². The molecule has 2 rings (SSSR count). The molecular weight excluding hydrogens is 246 g/mol. The van der Waals surface area contributed by atoms with Crippen LogP contribution in [0.4, 0.5) is 5.69 Å². The molecule has 2 unspecified atom stereocenters. The van der Waals surface area contributed by atoms with Crippen molar-refractivity contribution in [2.24, 2.45) is 5.92 Å². The van der Waals surface area contributed by atoms with Gasteiger partial charge in [-0.05, 0) is 19.1 Å². The highest BCUT2D eigenvalue weighted by atomic mass is 16.5. The molecule has 2 heterocycles. The maximum atomic E-state index is 11.2. The number of hydrogen-bond acceptors (Lipinski definition) is 5. The first-order valence-electron chi connectivity index (χ1n) is 6.10. The smallest absolute Gasteiger partial charge is 0.311 e. The van der Waals surface area contributed by atoms with Crippen molar-refractivity contribution in [3.63, 3.8) is 0 Å². The van der Waals surface area contributed by atoms with Crippen LogP contribution in [0.1, 0.15) is 12.6 Å². The average Bonchev–Trinajstić information content (AvgIpc) is 2.89. The maximum absolute atomic E-state index is 11.2. The highest BCUT2D eigenvalue weighted by Crippen LogP contribution is 2.25. The van der Waals surface area contributed by atoms with Gasteiger partial charge in [-0.3, -0.25) is 4.79 Å². The molecule has 19 heavy (non-hydrogen) atoms. The van der Waals surface area contributed by atoms with E-state index in [0.29, 0.717) is 18.8 Å². The summed E-state index contributed by atoms with van der Waals surface area (Å²) in [5, 5.41) is 18.1. The number of anilines is 1. The van der Waals surface area contributed by atoms with Crippen molar-refractivity contribution in [1.82, 2.24) is 4.98 Å². The number of nitrogens with zero attached hydrogens (tertiary/aromatic N) is 3. The number of hydrogen-bond donors (Lipinski definition) is 1. The quantitative estimate of drug-likeness (QED) is 0.865. The van der Waals surface area contributed by atoms with Gasteiger partial charge in [0.25, 0.3) is 0 Å². The number of carboxylic acid groups (broad SMARTS) is 1. The average molecular weight is 261 g/mol. The lowest BCUT2D eigenvalue weighted by atomic mass is 10.0. The van der Waals surface area contributed by atoms with Gasteiger partial charge < -0.3 is 14.7 Å². The number of aromatic nitrogens is 1. The van der Waals surface area contributed by atoms with E-state index in [9.17, 15) is 9.90 Å². The van der Waals surface area contributed by atoms with Crippen LogP contribution in [0.2, 0.25) is 0 Å². The Hall–Kier alpha value is -2.13. The van der Waals surface area contributed by atoms with Gasteiger partial charge in [-0.25, -0.2) is 4.98 Å². The molecule has 1 saturated heterocycles. The fourth-order valence-corrected chi connectivity index (χ4v) is 2.35. The molecule has 6 heteroatoms. The minimum absolute atomic E-state index is 0.212. The van der Waals surface area contributed by atoms with Gasteiger partial charge in [0, 0.05) is 18.4 Å². The van der Waals surface area contributed by atoms with E-state index < -0.39 is 11.9 Å². The SMILES string of the molecule is CCN(c1ccnc(C#N)c1)C1COCC1C(=O)O. The van der Waals surface area contributed by atoms with Crippen LogP contribution in [-0.4, -0.2) is 41.9 Å². The first kappa shape index (κ1) is 13.3. The lowest BCUT2D eigenvalue weighted by Crippen LogP contribution is -2.43. The lowest BCUT2D eigenvalue weighted by Gasteiger charge is -2.31. The molecule has 0 radical (unpaired) electrons. The molecule has 1 fully saturated rings. The van der Waals surface area contributed by atoms with E-state index in [-0.39, 0.29) is 12.6 Å². The van der Waals surface area contributed by atoms with Gasteiger partial charge in [0.2, 0.25) is 0 Å². The van der Waals surface area contributed by atoms with Gasteiger partial charge in [-0.2, -0.15) is 5.26 Å². The minimum atomic E-state index is -0.851. The number of aliphatic carboxylic acids is 1. The van der Waals surface area contributed by atoms with Crippen molar-refractivity contribution < 1.29 is 14.6 Å². The zero-order valence-electron chi connectivity index (χ0n) is 10.6. The number of ether oxygens (including phenoxy) is 1. The molecule has 100 valence electrons. The van der Waals surface area contributed by atoms with E-state index in [1.807, 2.05) is 17.9 Å². The first-order chi connectivity index (χ1) is 9.17. The monoisotopic (exact) mass is 261 g/mol. The summed E-state index contributed by atoms with van der Waals surface area (Å²) in [7, 11) is 0. The molecule has 2 atom stereocenters. The lowest BCUT2D eigenvalue weighted by molar-refractivity contribution is -0.141. The van der Waals surface area contributed by atoms with Gasteiger partial charge in [0.15, 0.2) is 0 Å². The summed E-state index contributed by atoms with van der Waals surface area (Å²) in [4.78, 5) is 17.1. The van der Waals surface area contributed by atoms with Crippen molar-refractivity contribution in [1.29, 1.82) is 5.26 Å². The van der Waals surface area contributed by atoms with Crippen LogP contribution < -0.4 is 4.90 Å². The van der Waals surface area contributed by atoms with Crippen molar-refractivity contribution in [2.75, 3.05) is 24.7 Å². The Morgan fingerprint density at radius 2 is 2.47 bits per heavy atom. The molecule has 1 aromatic rings. The third-order valence-corrected chi connectivity index (χ3v) is 3.30. The molecule has 0 aliphatic carbocycles. The number of carboxylic acids is 1. The van der Waals surface area contributed by atoms with Gasteiger partial charge >= 0.3 is 5.97 Å².